The average molecular weight is 261 g/mol. The molecule has 0 aromatic heterocycles. The number of nitrogens with one attached hydrogen (secondary N) is 1. The smallest absolute Gasteiger partial charge is 0.0949 e. The van der Waals surface area contributed by atoms with Crippen molar-refractivity contribution in [3.05, 3.63) is 35.9 Å². The van der Waals surface area contributed by atoms with E-state index in [9.17, 15) is 0 Å². The monoisotopic (exact) mass is 261 g/mol. The third-order valence-corrected chi connectivity index (χ3v) is 4.01. The molecule has 1 aromatic rings. The van der Waals surface area contributed by atoms with E-state index in [0.29, 0.717) is 0 Å². The Hall–Kier alpha value is -0.860. The SMILES string of the molecule is CCNCC(OCC1CCCCC1)c1ccccc1. The Morgan fingerprint density at radius 1 is 1.16 bits per heavy atom. The van der Waals surface area contributed by atoms with Crippen LogP contribution in [0.2, 0.25) is 0 Å². The van der Waals surface area contributed by atoms with Crippen LogP contribution >= 0.6 is 0 Å². The Bertz CT molecular complexity index is 332. The van der Waals surface area contributed by atoms with Crippen molar-refractivity contribution in [3.63, 3.8) is 0 Å². The highest BCUT2D eigenvalue weighted by molar-refractivity contribution is 5.17. The highest BCUT2D eigenvalue weighted by Gasteiger charge is 2.17. The second kappa shape index (κ2) is 8.34. The van der Waals surface area contributed by atoms with Crippen molar-refractivity contribution in [2.75, 3.05) is 19.7 Å². The highest BCUT2D eigenvalue weighted by Crippen LogP contribution is 2.26. The van der Waals surface area contributed by atoms with Gasteiger partial charge in [0, 0.05) is 6.54 Å². The molecule has 0 spiro atoms. The fraction of sp³-hybridized carbons (Fsp3) is 0.647. The number of hydrogen-bond acceptors (Lipinski definition) is 2. The molecule has 0 amide bonds. The van der Waals surface area contributed by atoms with Gasteiger partial charge >= 0.3 is 0 Å². The Morgan fingerprint density at radius 3 is 2.58 bits per heavy atom. The molecule has 1 aromatic carbocycles. The molecular formula is C17H27NO. The van der Waals surface area contributed by atoms with Gasteiger partial charge in [-0.15, -0.1) is 0 Å². The van der Waals surface area contributed by atoms with Gasteiger partial charge in [0.2, 0.25) is 0 Å². The first-order chi connectivity index (χ1) is 9.40. The molecule has 2 heteroatoms. The molecule has 0 bridgehead atoms. The summed E-state index contributed by atoms with van der Waals surface area (Å²) in [4.78, 5) is 0. The maximum atomic E-state index is 6.21. The largest absolute Gasteiger partial charge is 0.372 e. The molecule has 1 aliphatic carbocycles. The summed E-state index contributed by atoms with van der Waals surface area (Å²) < 4.78 is 6.21. The standard InChI is InChI=1S/C17H27NO/c1-2-18-13-17(16-11-7-4-8-12-16)19-14-15-9-5-3-6-10-15/h4,7-8,11-12,15,17-18H,2-3,5-6,9-10,13-14H2,1H3. The molecule has 0 heterocycles. The van der Waals surface area contributed by atoms with Gasteiger partial charge < -0.3 is 10.1 Å². The van der Waals surface area contributed by atoms with Crippen LogP contribution in [0.3, 0.4) is 0 Å². The summed E-state index contributed by atoms with van der Waals surface area (Å²) in [5, 5.41) is 3.41. The molecule has 1 fully saturated rings. The van der Waals surface area contributed by atoms with Crippen LogP contribution in [0.1, 0.15) is 50.7 Å². The first-order valence-corrected chi connectivity index (χ1v) is 7.77. The zero-order chi connectivity index (χ0) is 13.3. The number of likely N-dealkylation sites (N-methyl/N-ethyl adjacent to an activating group) is 1. The number of rotatable bonds is 7. The van der Waals surface area contributed by atoms with Crippen molar-refractivity contribution in [2.24, 2.45) is 5.92 Å². The summed E-state index contributed by atoms with van der Waals surface area (Å²) >= 11 is 0. The van der Waals surface area contributed by atoms with Gasteiger partial charge in [-0.25, -0.2) is 0 Å². The Balaban J connectivity index is 1.86. The molecule has 1 saturated carbocycles. The summed E-state index contributed by atoms with van der Waals surface area (Å²) in [6.45, 7) is 4.97. The lowest BCUT2D eigenvalue weighted by molar-refractivity contribution is 0.0202. The quantitative estimate of drug-likeness (QED) is 0.803. The van der Waals surface area contributed by atoms with Crippen LogP contribution in [0.15, 0.2) is 30.3 Å². The fourth-order valence-electron chi connectivity index (χ4n) is 2.82. The summed E-state index contributed by atoms with van der Waals surface area (Å²) in [5.41, 5.74) is 1.29. The van der Waals surface area contributed by atoms with Gasteiger partial charge in [0.05, 0.1) is 12.7 Å². The van der Waals surface area contributed by atoms with Gasteiger partial charge in [-0.2, -0.15) is 0 Å². The van der Waals surface area contributed by atoms with E-state index in [4.69, 9.17) is 4.74 Å². The van der Waals surface area contributed by atoms with E-state index in [1.807, 2.05) is 0 Å². The second-order valence-corrected chi connectivity index (χ2v) is 5.54. The lowest BCUT2D eigenvalue weighted by atomic mass is 9.90. The zero-order valence-corrected chi connectivity index (χ0v) is 12.1. The number of ether oxygens (including phenoxy) is 1. The van der Waals surface area contributed by atoms with E-state index in [1.54, 1.807) is 0 Å². The summed E-state index contributed by atoms with van der Waals surface area (Å²) in [5.74, 6) is 0.779. The second-order valence-electron chi connectivity index (χ2n) is 5.54. The highest BCUT2D eigenvalue weighted by atomic mass is 16.5. The van der Waals surface area contributed by atoms with Crippen molar-refractivity contribution < 1.29 is 4.74 Å². The Labute approximate surface area is 117 Å². The zero-order valence-electron chi connectivity index (χ0n) is 12.1. The van der Waals surface area contributed by atoms with Crippen molar-refractivity contribution >= 4 is 0 Å². The minimum absolute atomic E-state index is 0.197. The van der Waals surface area contributed by atoms with Crippen LogP contribution in [0.5, 0.6) is 0 Å². The molecule has 1 atom stereocenters. The Kier molecular flexibility index (Phi) is 6.38. The molecule has 0 saturated heterocycles. The fourth-order valence-corrected chi connectivity index (χ4v) is 2.82. The minimum atomic E-state index is 0.197. The van der Waals surface area contributed by atoms with E-state index in [0.717, 1.165) is 25.6 Å². The number of benzene rings is 1. The molecule has 1 unspecified atom stereocenters. The van der Waals surface area contributed by atoms with Crippen LogP contribution in [-0.4, -0.2) is 19.7 Å². The third-order valence-electron chi connectivity index (χ3n) is 4.01. The van der Waals surface area contributed by atoms with Gasteiger partial charge in [-0.3, -0.25) is 0 Å². The van der Waals surface area contributed by atoms with Crippen LogP contribution < -0.4 is 5.32 Å². The molecule has 0 aliphatic heterocycles. The summed E-state index contributed by atoms with van der Waals surface area (Å²) in [7, 11) is 0. The van der Waals surface area contributed by atoms with Crippen LogP contribution in [0, 0.1) is 5.92 Å². The molecular weight excluding hydrogens is 234 g/mol. The first kappa shape index (κ1) is 14.5. The average Bonchev–Trinajstić information content (AvgIpc) is 2.49. The maximum absolute atomic E-state index is 6.21. The lowest BCUT2D eigenvalue weighted by Crippen LogP contribution is -2.25. The maximum Gasteiger partial charge on any atom is 0.0949 e. The van der Waals surface area contributed by atoms with Gasteiger partial charge in [0.15, 0.2) is 0 Å². The molecule has 106 valence electrons. The summed E-state index contributed by atoms with van der Waals surface area (Å²) in [6.07, 6.45) is 7.08. The normalized spacial score (nSPS) is 18.4. The van der Waals surface area contributed by atoms with E-state index in [1.165, 1.54) is 37.7 Å². The lowest BCUT2D eigenvalue weighted by Gasteiger charge is -2.25. The third kappa shape index (κ3) is 4.96. The van der Waals surface area contributed by atoms with Crippen LogP contribution in [-0.2, 0) is 4.74 Å². The molecule has 2 rings (SSSR count). The molecule has 1 N–H and O–H groups in total. The van der Waals surface area contributed by atoms with E-state index in [2.05, 4.69) is 42.6 Å². The predicted octanol–water partition coefficient (Wildman–Crippen LogP) is 3.93. The van der Waals surface area contributed by atoms with E-state index in [-0.39, 0.29) is 6.10 Å². The van der Waals surface area contributed by atoms with E-state index >= 15 is 0 Å². The van der Waals surface area contributed by atoms with Crippen LogP contribution in [0.25, 0.3) is 0 Å². The van der Waals surface area contributed by atoms with Crippen molar-refractivity contribution in [1.29, 1.82) is 0 Å². The number of hydrogen-bond donors (Lipinski definition) is 1. The van der Waals surface area contributed by atoms with Gasteiger partial charge in [-0.05, 0) is 30.9 Å². The molecule has 1 aliphatic rings. The van der Waals surface area contributed by atoms with Crippen LogP contribution in [0.4, 0.5) is 0 Å². The van der Waals surface area contributed by atoms with Gasteiger partial charge in [-0.1, -0.05) is 56.5 Å². The topological polar surface area (TPSA) is 21.3 Å². The van der Waals surface area contributed by atoms with Crippen molar-refractivity contribution in [1.82, 2.24) is 5.32 Å². The minimum Gasteiger partial charge on any atom is -0.372 e. The van der Waals surface area contributed by atoms with Crippen molar-refractivity contribution in [3.8, 4) is 0 Å². The summed E-state index contributed by atoms with van der Waals surface area (Å²) in [6, 6.07) is 10.6. The molecule has 19 heavy (non-hydrogen) atoms. The van der Waals surface area contributed by atoms with E-state index < -0.39 is 0 Å². The Morgan fingerprint density at radius 2 is 1.89 bits per heavy atom. The van der Waals surface area contributed by atoms with Gasteiger partial charge in [0.1, 0.15) is 0 Å². The van der Waals surface area contributed by atoms with Gasteiger partial charge in [0.25, 0.3) is 0 Å². The molecule has 2 nitrogen and oxygen atoms in total. The predicted molar refractivity (Wildman–Crippen MR) is 80.3 cm³/mol. The molecule has 0 radical (unpaired) electrons. The first-order valence-electron chi connectivity index (χ1n) is 7.77. The van der Waals surface area contributed by atoms with Crippen molar-refractivity contribution in [2.45, 2.75) is 45.1 Å².